The molecule has 1 atom stereocenters. The van der Waals surface area contributed by atoms with Crippen LogP contribution in [-0.4, -0.2) is 39.8 Å². The van der Waals surface area contributed by atoms with Crippen LogP contribution in [0.4, 0.5) is 5.69 Å². The van der Waals surface area contributed by atoms with Gasteiger partial charge in [-0.3, -0.25) is 9.10 Å². The number of ether oxygens (including phenoxy) is 1. The molecule has 2 aromatic rings. The van der Waals surface area contributed by atoms with Crippen molar-refractivity contribution in [2.45, 2.75) is 40.2 Å². The molecule has 0 aliphatic rings. The van der Waals surface area contributed by atoms with Crippen molar-refractivity contribution in [3.05, 3.63) is 58.1 Å². The number of hydrogen-bond donors (Lipinski definition) is 1. The number of aryl methyl sites for hydroxylation is 3. The second-order valence-electron chi connectivity index (χ2n) is 7.32. The maximum atomic E-state index is 12.8. The predicted molar refractivity (Wildman–Crippen MR) is 122 cm³/mol. The molecule has 6 nitrogen and oxygen atoms in total. The number of anilines is 1. The van der Waals surface area contributed by atoms with Crippen LogP contribution in [0, 0.1) is 20.8 Å². The Hall–Kier alpha value is -2.25. The van der Waals surface area contributed by atoms with Gasteiger partial charge < -0.3 is 10.1 Å². The van der Waals surface area contributed by atoms with Crippen LogP contribution in [0.15, 0.2) is 36.4 Å². The van der Waals surface area contributed by atoms with Gasteiger partial charge in [0.05, 0.1) is 18.5 Å². The summed E-state index contributed by atoms with van der Waals surface area (Å²) in [5.74, 6) is 0.382. The number of hydrogen-bond acceptors (Lipinski definition) is 4. The lowest BCUT2D eigenvalue weighted by Gasteiger charge is -2.30. The van der Waals surface area contributed by atoms with E-state index in [1.165, 1.54) is 0 Å². The molecule has 164 valence electrons. The minimum absolute atomic E-state index is 0.259. The molecular weight excluding hydrogens is 424 g/mol. The lowest BCUT2D eigenvalue weighted by molar-refractivity contribution is -0.122. The lowest BCUT2D eigenvalue weighted by atomic mass is 10.1. The van der Waals surface area contributed by atoms with E-state index in [4.69, 9.17) is 16.3 Å². The third-order valence-electron chi connectivity index (χ3n) is 4.74. The molecule has 0 bridgehead atoms. The highest BCUT2D eigenvalue weighted by Crippen LogP contribution is 2.27. The summed E-state index contributed by atoms with van der Waals surface area (Å²) in [6, 6.07) is 10.00. The fourth-order valence-corrected chi connectivity index (χ4v) is 4.47. The zero-order valence-corrected chi connectivity index (χ0v) is 19.6. The molecule has 1 amide bonds. The predicted octanol–water partition coefficient (Wildman–Crippen LogP) is 4.01. The SMILES string of the molecule is CC[C@H](C(=O)NCCOc1cc(C)ccc1C)N(c1ccc(C)c(Cl)c1)S(C)(=O)=O. The van der Waals surface area contributed by atoms with Gasteiger partial charge in [-0.15, -0.1) is 0 Å². The Morgan fingerprint density at radius 1 is 1.13 bits per heavy atom. The summed E-state index contributed by atoms with van der Waals surface area (Å²) in [7, 11) is -3.71. The largest absolute Gasteiger partial charge is 0.491 e. The van der Waals surface area contributed by atoms with Crippen LogP contribution >= 0.6 is 11.6 Å². The molecule has 0 aromatic heterocycles. The lowest BCUT2D eigenvalue weighted by Crippen LogP contribution is -2.50. The second kappa shape index (κ2) is 10.2. The third kappa shape index (κ3) is 6.12. The van der Waals surface area contributed by atoms with Crippen LogP contribution in [0.3, 0.4) is 0 Å². The maximum Gasteiger partial charge on any atom is 0.244 e. The van der Waals surface area contributed by atoms with E-state index < -0.39 is 16.1 Å². The Labute approximate surface area is 184 Å². The van der Waals surface area contributed by atoms with Gasteiger partial charge in [0, 0.05) is 5.02 Å². The van der Waals surface area contributed by atoms with Gasteiger partial charge in [-0.25, -0.2) is 8.42 Å². The van der Waals surface area contributed by atoms with E-state index in [2.05, 4.69) is 5.32 Å². The molecule has 0 spiro atoms. The van der Waals surface area contributed by atoms with E-state index >= 15 is 0 Å². The van der Waals surface area contributed by atoms with E-state index in [-0.39, 0.29) is 19.1 Å². The summed E-state index contributed by atoms with van der Waals surface area (Å²) in [6.07, 6.45) is 1.39. The highest BCUT2D eigenvalue weighted by molar-refractivity contribution is 7.92. The number of nitrogens with zero attached hydrogens (tertiary/aromatic N) is 1. The fraction of sp³-hybridized carbons (Fsp3) is 0.409. The zero-order valence-electron chi connectivity index (χ0n) is 18.0. The number of sulfonamides is 1. The van der Waals surface area contributed by atoms with Crippen LogP contribution in [0.1, 0.15) is 30.0 Å². The van der Waals surface area contributed by atoms with Crippen molar-refractivity contribution in [1.82, 2.24) is 5.32 Å². The van der Waals surface area contributed by atoms with Gasteiger partial charge in [0.25, 0.3) is 0 Å². The molecule has 8 heteroatoms. The first-order valence-electron chi connectivity index (χ1n) is 9.78. The van der Waals surface area contributed by atoms with Crippen molar-refractivity contribution in [2.75, 3.05) is 23.7 Å². The summed E-state index contributed by atoms with van der Waals surface area (Å²) >= 11 is 6.18. The van der Waals surface area contributed by atoms with E-state index in [0.717, 1.165) is 33.0 Å². The Morgan fingerprint density at radius 2 is 1.80 bits per heavy atom. The van der Waals surface area contributed by atoms with Gasteiger partial charge >= 0.3 is 0 Å². The van der Waals surface area contributed by atoms with Crippen LogP contribution < -0.4 is 14.4 Å². The number of carbonyl (C=O) groups excluding carboxylic acids is 1. The molecule has 0 radical (unpaired) electrons. The maximum absolute atomic E-state index is 12.8. The Morgan fingerprint density at radius 3 is 2.40 bits per heavy atom. The van der Waals surface area contributed by atoms with Gasteiger partial charge in [-0.2, -0.15) is 0 Å². The van der Waals surface area contributed by atoms with Crippen molar-refractivity contribution >= 4 is 33.2 Å². The highest BCUT2D eigenvalue weighted by atomic mass is 35.5. The van der Waals surface area contributed by atoms with Crippen molar-refractivity contribution in [2.24, 2.45) is 0 Å². The first-order chi connectivity index (χ1) is 14.0. The smallest absolute Gasteiger partial charge is 0.244 e. The van der Waals surface area contributed by atoms with Crippen molar-refractivity contribution in [1.29, 1.82) is 0 Å². The Balaban J connectivity index is 2.10. The standard InChI is InChI=1S/C22H29ClN2O4S/c1-6-20(25(30(5,27)28)18-10-9-16(3)19(23)14-18)22(26)24-11-12-29-21-13-15(2)7-8-17(21)4/h7-10,13-14,20H,6,11-12H2,1-5H3,(H,24,26)/t20-/m1/s1. The van der Waals surface area contributed by atoms with Crippen LogP contribution in [0.25, 0.3) is 0 Å². The number of rotatable bonds is 9. The second-order valence-corrected chi connectivity index (χ2v) is 9.59. The minimum atomic E-state index is -3.71. The molecule has 0 saturated carbocycles. The topological polar surface area (TPSA) is 75.7 Å². The highest BCUT2D eigenvalue weighted by Gasteiger charge is 2.31. The van der Waals surface area contributed by atoms with E-state index in [9.17, 15) is 13.2 Å². The first-order valence-corrected chi connectivity index (χ1v) is 12.0. The molecular formula is C22H29ClN2O4S. The third-order valence-corrected chi connectivity index (χ3v) is 6.33. The van der Waals surface area contributed by atoms with Crippen LogP contribution in [0.5, 0.6) is 5.75 Å². The fourth-order valence-electron chi connectivity index (χ4n) is 3.09. The molecule has 0 aliphatic heterocycles. The monoisotopic (exact) mass is 452 g/mol. The van der Waals surface area contributed by atoms with E-state index in [0.29, 0.717) is 17.1 Å². The summed E-state index contributed by atoms with van der Waals surface area (Å²) < 4.78 is 31.9. The number of halogens is 1. The Bertz CT molecular complexity index is 1010. The number of nitrogens with one attached hydrogen (secondary N) is 1. The molecule has 0 heterocycles. The van der Waals surface area contributed by atoms with Crippen molar-refractivity contribution in [3.63, 3.8) is 0 Å². The van der Waals surface area contributed by atoms with Gasteiger partial charge in [-0.05, 0) is 62.1 Å². The molecule has 1 N–H and O–H groups in total. The molecule has 2 rings (SSSR count). The number of carbonyl (C=O) groups is 1. The summed E-state index contributed by atoms with van der Waals surface area (Å²) in [5, 5.41) is 3.23. The van der Waals surface area contributed by atoms with E-state index in [1.807, 2.05) is 39.0 Å². The normalized spacial score (nSPS) is 12.3. The summed E-state index contributed by atoms with van der Waals surface area (Å²) in [5.41, 5.74) is 3.29. The average molecular weight is 453 g/mol. The molecule has 2 aromatic carbocycles. The number of amides is 1. The average Bonchev–Trinajstić information content (AvgIpc) is 2.67. The summed E-state index contributed by atoms with van der Waals surface area (Å²) in [6.45, 7) is 8.08. The van der Waals surface area contributed by atoms with Gasteiger partial charge in [0.1, 0.15) is 18.4 Å². The van der Waals surface area contributed by atoms with Gasteiger partial charge in [0.2, 0.25) is 15.9 Å². The quantitative estimate of drug-likeness (QED) is 0.583. The summed E-state index contributed by atoms with van der Waals surface area (Å²) in [4.78, 5) is 12.8. The molecule has 0 aliphatic carbocycles. The molecule has 0 fully saturated rings. The van der Waals surface area contributed by atoms with Crippen LogP contribution in [0.2, 0.25) is 5.02 Å². The minimum Gasteiger partial charge on any atom is -0.491 e. The van der Waals surface area contributed by atoms with Crippen molar-refractivity contribution in [3.8, 4) is 5.75 Å². The van der Waals surface area contributed by atoms with Gasteiger partial charge in [0.15, 0.2) is 0 Å². The first kappa shape index (κ1) is 24.0. The van der Waals surface area contributed by atoms with Crippen molar-refractivity contribution < 1.29 is 17.9 Å². The molecule has 0 unspecified atom stereocenters. The zero-order chi connectivity index (χ0) is 22.5. The van der Waals surface area contributed by atoms with Crippen LogP contribution in [-0.2, 0) is 14.8 Å². The van der Waals surface area contributed by atoms with E-state index in [1.54, 1.807) is 25.1 Å². The number of benzene rings is 2. The van der Waals surface area contributed by atoms with Gasteiger partial charge in [-0.1, -0.05) is 36.7 Å². The molecule has 0 saturated heterocycles. The molecule has 30 heavy (non-hydrogen) atoms. The Kier molecular flexibility index (Phi) is 8.15.